The topological polar surface area (TPSA) is 20.3 Å². The van der Waals surface area contributed by atoms with Gasteiger partial charge in [-0.1, -0.05) is 42.5 Å². The molecule has 0 saturated heterocycles. The number of halogens is 1. The first-order valence-electron chi connectivity index (χ1n) is 7.67. The smallest absolute Gasteiger partial charge is 0.222 e. The summed E-state index contributed by atoms with van der Waals surface area (Å²) >= 11 is 0. The second-order valence-electron chi connectivity index (χ2n) is 5.57. The van der Waals surface area contributed by atoms with Crippen LogP contribution in [-0.2, 0) is 17.8 Å². The molecule has 0 aliphatic heterocycles. The van der Waals surface area contributed by atoms with Gasteiger partial charge in [-0.15, -0.1) is 0 Å². The molecule has 0 aromatic heterocycles. The lowest BCUT2D eigenvalue weighted by molar-refractivity contribution is -0.130. The number of hydrogen-bond acceptors (Lipinski definition) is 1. The van der Waals surface area contributed by atoms with Crippen molar-refractivity contribution in [2.45, 2.75) is 32.2 Å². The number of aryl methyl sites for hydroxylation is 1. The quantitative estimate of drug-likeness (QED) is 0.702. The molecule has 2 aromatic carbocycles. The van der Waals surface area contributed by atoms with E-state index in [2.05, 4.69) is 0 Å². The zero-order valence-electron chi connectivity index (χ0n) is 13.0. The van der Waals surface area contributed by atoms with Crippen molar-refractivity contribution in [1.29, 1.82) is 0 Å². The molecule has 0 radical (unpaired) electrons. The molecule has 0 N–H and O–H groups in total. The number of hydrogen-bond donors (Lipinski definition) is 0. The highest BCUT2D eigenvalue weighted by molar-refractivity contribution is 5.75. The zero-order chi connectivity index (χ0) is 15.8. The number of rotatable bonds is 7. The van der Waals surface area contributed by atoms with Gasteiger partial charge in [-0.3, -0.25) is 4.79 Å². The fourth-order valence-electron chi connectivity index (χ4n) is 2.39. The van der Waals surface area contributed by atoms with Crippen molar-refractivity contribution >= 4 is 5.91 Å². The third-order valence-corrected chi connectivity index (χ3v) is 3.71. The van der Waals surface area contributed by atoms with Crippen LogP contribution in [0, 0.1) is 5.82 Å². The van der Waals surface area contributed by atoms with Crippen LogP contribution in [0.3, 0.4) is 0 Å². The van der Waals surface area contributed by atoms with Crippen LogP contribution >= 0.6 is 0 Å². The first kappa shape index (κ1) is 16.2. The molecule has 0 heterocycles. The maximum atomic E-state index is 12.8. The third-order valence-electron chi connectivity index (χ3n) is 3.71. The summed E-state index contributed by atoms with van der Waals surface area (Å²) < 4.78 is 12.8. The Kier molecular flexibility index (Phi) is 6.13. The fraction of sp³-hybridized carbons (Fsp3) is 0.316. The van der Waals surface area contributed by atoms with E-state index in [1.54, 1.807) is 17.0 Å². The van der Waals surface area contributed by atoms with Crippen LogP contribution in [0.15, 0.2) is 54.6 Å². The second-order valence-corrected chi connectivity index (χ2v) is 5.57. The van der Waals surface area contributed by atoms with E-state index < -0.39 is 0 Å². The SMILES string of the molecule is CN(Cc1ccccc1)C(=O)CCCCc1ccc(F)cc1. The van der Waals surface area contributed by atoms with Gasteiger partial charge >= 0.3 is 0 Å². The minimum absolute atomic E-state index is 0.169. The Morgan fingerprint density at radius 1 is 0.955 bits per heavy atom. The van der Waals surface area contributed by atoms with E-state index >= 15 is 0 Å². The normalized spacial score (nSPS) is 10.5. The minimum atomic E-state index is -0.207. The second kappa shape index (κ2) is 8.32. The summed E-state index contributed by atoms with van der Waals surface area (Å²) in [5, 5.41) is 0. The summed E-state index contributed by atoms with van der Waals surface area (Å²) in [4.78, 5) is 13.9. The Labute approximate surface area is 131 Å². The molecular formula is C19H22FNO. The van der Waals surface area contributed by atoms with E-state index in [0.29, 0.717) is 13.0 Å². The van der Waals surface area contributed by atoms with Crippen molar-refractivity contribution in [3.8, 4) is 0 Å². The first-order valence-corrected chi connectivity index (χ1v) is 7.67. The van der Waals surface area contributed by atoms with Gasteiger partial charge in [-0.05, 0) is 42.5 Å². The van der Waals surface area contributed by atoms with Crippen LogP contribution in [0.4, 0.5) is 4.39 Å². The van der Waals surface area contributed by atoms with E-state index in [1.165, 1.54) is 12.1 Å². The standard InChI is InChI=1S/C19H22FNO/c1-21(15-17-8-3-2-4-9-17)19(22)10-6-5-7-16-11-13-18(20)14-12-16/h2-4,8-9,11-14H,5-7,10,15H2,1H3. The average molecular weight is 299 g/mol. The van der Waals surface area contributed by atoms with E-state index in [1.807, 2.05) is 37.4 Å². The molecule has 3 heteroatoms. The molecular weight excluding hydrogens is 277 g/mol. The zero-order valence-corrected chi connectivity index (χ0v) is 13.0. The van der Waals surface area contributed by atoms with E-state index in [4.69, 9.17) is 0 Å². The van der Waals surface area contributed by atoms with Gasteiger partial charge in [0.1, 0.15) is 5.82 Å². The molecule has 0 unspecified atom stereocenters. The Hall–Kier alpha value is -2.16. The summed E-state index contributed by atoms with van der Waals surface area (Å²) in [6.07, 6.45) is 3.24. The van der Waals surface area contributed by atoms with E-state index in [9.17, 15) is 9.18 Å². The molecule has 2 aromatic rings. The van der Waals surface area contributed by atoms with Crippen LogP contribution in [-0.4, -0.2) is 17.9 Å². The fourth-order valence-corrected chi connectivity index (χ4v) is 2.39. The molecule has 116 valence electrons. The van der Waals surface area contributed by atoms with E-state index in [0.717, 1.165) is 30.4 Å². The Bertz CT molecular complexity index is 580. The van der Waals surface area contributed by atoms with Gasteiger partial charge in [0.05, 0.1) is 0 Å². The molecule has 22 heavy (non-hydrogen) atoms. The first-order chi connectivity index (χ1) is 10.6. The van der Waals surface area contributed by atoms with Crippen molar-refractivity contribution < 1.29 is 9.18 Å². The van der Waals surface area contributed by atoms with Crippen molar-refractivity contribution in [2.75, 3.05) is 7.05 Å². The number of nitrogens with zero attached hydrogens (tertiary/aromatic N) is 1. The Morgan fingerprint density at radius 2 is 1.64 bits per heavy atom. The molecule has 2 nitrogen and oxygen atoms in total. The lowest BCUT2D eigenvalue weighted by atomic mass is 10.1. The number of amides is 1. The van der Waals surface area contributed by atoms with Crippen molar-refractivity contribution in [2.24, 2.45) is 0 Å². The summed E-state index contributed by atoms with van der Waals surface area (Å²) in [6.45, 7) is 0.650. The molecule has 0 bridgehead atoms. The molecule has 0 atom stereocenters. The van der Waals surface area contributed by atoms with Crippen LogP contribution in [0.2, 0.25) is 0 Å². The van der Waals surface area contributed by atoms with Gasteiger partial charge in [-0.2, -0.15) is 0 Å². The molecule has 1 amide bonds. The Balaban J connectivity index is 1.67. The molecule has 0 fully saturated rings. The molecule has 0 spiro atoms. The van der Waals surface area contributed by atoms with Crippen LogP contribution in [0.1, 0.15) is 30.4 Å². The van der Waals surface area contributed by atoms with Gasteiger partial charge in [0, 0.05) is 20.0 Å². The lowest BCUT2D eigenvalue weighted by Gasteiger charge is -2.17. The summed E-state index contributed by atoms with van der Waals surface area (Å²) in [6, 6.07) is 16.6. The summed E-state index contributed by atoms with van der Waals surface area (Å²) in [5.41, 5.74) is 2.26. The number of benzene rings is 2. The highest BCUT2D eigenvalue weighted by Gasteiger charge is 2.08. The molecule has 0 saturated carbocycles. The van der Waals surface area contributed by atoms with E-state index in [-0.39, 0.29) is 11.7 Å². The minimum Gasteiger partial charge on any atom is -0.341 e. The predicted octanol–water partition coefficient (Wildman–Crippen LogP) is 4.20. The van der Waals surface area contributed by atoms with Gasteiger partial charge in [-0.25, -0.2) is 4.39 Å². The highest BCUT2D eigenvalue weighted by atomic mass is 19.1. The Morgan fingerprint density at radius 3 is 2.32 bits per heavy atom. The van der Waals surface area contributed by atoms with Crippen molar-refractivity contribution in [3.05, 3.63) is 71.5 Å². The molecule has 0 aliphatic rings. The largest absolute Gasteiger partial charge is 0.341 e. The lowest BCUT2D eigenvalue weighted by Crippen LogP contribution is -2.25. The van der Waals surface area contributed by atoms with Crippen molar-refractivity contribution in [3.63, 3.8) is 0 Å². The van der Waals surface area contributed by atoms with Crippen LogP contribution in [0.5, 0.6) is 0 Å². The summed E-state index contributed by atoms with van der Waals surface area (Å²) in [7, 11) is 1.84. The maximum absolute atomic E-state index is 12.8. The summed E-state index contributed by atoms with van der Waals surface area (Å²) in [5.74, 6) is -0.0376. The maximum Gasteiger partial charge on any atom is 0.222 e. The molecule has 2 rings (SSSR count). The third kappa shape index (κ3) is 5.32. The predicted molar refractivity (Wildman–Crippen MR) is 86.9 cm³/mol. The van der Waals surface area contributed by atoms with Gasteiger partial charge in [0.15, 0.2) is 0 Å². The number of carbonyl (C=O) groups excluding carboxylic acids is 1. The number of carbonyl (C=O) groups is 1. The molecule has 0 aliphatic carbocycles. The van der Waals surface area contributed by atoms with Gasteiger partial charge < -0.3 is 4.90 Å². The van der Waals surface area contributed by atoms with Crippen LogP contribution < -0.4 is 0 Å². The average Bonchev–Trinajstić information content (AvgIpc) is 2.54. The van der Waals surface area contributed by atoms with Gasteiger partial charge in [0.25, 0.3) is 0 Å². The number of unbranched alkanes of at least 4 members (excludes halogenated alkanes) is 1. The highest BCUT2D eigenvalue weighted by Crippen LogP contribution is 2.10. The van der Waals surface area contributed by atoms with Crippen LogP contribution in [0.25, 0.3) is 0 Å². The van der Waals surface area contributed by atoms with Crippen molar-refractivity contribution in [1.82, 2.24) is 4.90 Å². The monoisotopic (exact) mass is 299 g/mol. The van der Waals surface area contributed by atoms with Gasteiger partial charge in [0.2, 0.25) is 5.91 Å².